The lowest BCUT2D eigenvalue weighted by molar-refractivity contribution is -0.123. The summed E-state index contributed by atoms with van der Waals surface area (Å²) in [5.74, 6) is 0.0664. The lowest BCUT2D eigenvalue weighted by Crippen LogP contribution is -2.49. The van der Waals surface area contributed by atoms with E-state index in [0.717, 1.165) is 25.9 Å². The van der Waals surface area contributed by atoms with Gasteiger partial charge in [-0.25, -0.2) is 0 Å². The van der Waals surface area contributed by atoms with Gasteiger partial charge in [-0.05, 0) is 46.5 Å². The number of carbonyl (C=O) groups excluding carboxylic acids is 1. The van der Waals surface area contributed by atoms with Crippen molar-refractivity contribution in [2.24, 2.45) is 0 Å². The molecule has 0 aromatic heterocycles. The van der Waals surface area contributed by atoms with E-state index in [4.69, 9.17) is 16.3 Å². The van der Waals surface area contributed by atoms with Gasteiger partial charge in [0, 0.05) is 13.0 Å². The van der Waals surface area contributed by atoms with E-state index in [1.165, 1.54) is 6.42 Å². The van der Waals surface area contributed by atoms with Crippen LogP contribution in [-0.4, -0.2) is 29.5 Å². The first-order valence-corrected chi connectivity index (χ1v) is 6.92. The summed E-state index contributed by atoms with van der Waals surface area (Å²) in [6, 6.07) is 0. The summed E-state index contributed by atoms with van der Waals surface area (Å²) in [5.41, 5.74) is -0.355. The van der Waals surface area contributed by atoms with Gasteiger partial charge in [-0.15, -0.1) is 11.6 Å². The standard InChI is InChI=1S/C13H24ClNO2/c1-10(14)13(2,3)15-12(16)8-7-11-6-4-5-9-17-11/h10-11H,4-9H2,1-3H3,(H,15,16). The second-order valence-electron chi connectivity index (χ2n) is 5.41. The van der Waals surface area contributed by atoms with E-state index in [1.54, 1.807) is 0 Å². The van der Waals surface area contributed by atoms with Crippen molar-refractivity contribution in [2.45, 2.75) is 69.9 Å². The molecule has 1 saturated heterocycles. The van der Waals surface area contributed by atoms with Crippen molar-refractivity contribution in [2.75, 3.05) is 6.61 Å². The van der Waals surface area contributed by atoms with E-state index in [2.05, 4.69) is 5.32 Å². The molecule has 0 radical (unpaired) electrons. The van der Waals surface area contributed by atoms with Crippen LogP contribution >= 0.6 is 11.6 Å². The third kappa shape index (κ3) is 5.26. The van der Waals surface area contributed by atoms with Gasteiger partial charge in [0.25, 0.3) is 0 Å². The van der Waals surface area contributed by atoms with Crippen LogP contribution in [0.1, 0.15) is 52.9 Å². The van der Waals surface area contributed by atoms with Crippen molar-refractivity contribution in [3.05, 3.63) is 0 Å². The maximum Gasteiger partial charge on any atom is 0.220 e. The Labute approximate surface area is 109 Å². The van der Waals surface area contributed by atoms with Gasteiger partial charge in [0.2, 0.25) is 5.91 Å². The number of hydrogen-bond acceptors (Lipinski definition) is 2. The van der Waals surface area contributed by atoms with Crippen LogP contribution < -0.4 is 5.32 Å². The molecule has 100 valence electrons. The largest absolute Gasteiger partial charge is 0.378 e. The summed E-state index contributed by atoms with van der Waals surface area (Å²) in [6.45, 7) is 6.63. The van der Waals surface area contributed by atoms with Gasteiger partial charge in [-0.2, -0.15) is 0 Å². The fourth-order valence-corrected chi connectivity index (χ4v) is 1.90. The molecular weight excluding hydrogens is 238 g/mol. The molecule has 1 aliphatic rings. The van der Waals surface area contributed by atoms with Crippen molar-refractivity contribution in [3.63, 3.8) is 0 Å². The fraction of sp³-hybridized carbons (Fsp3) is 0.923. The number of rotatable bonds is 5. The number of ether oxygens (including phenoxy) is 1. The monoisotopic (exact) mass is 261 g/mol. The Morgan fingerprint density at radius 1 is 1.53 bits per heavy atom. The van der Waals surface area contributed by atoms with E-state index >= 15 is 0 Å². The van der Waals surface area contributed by atoms with Gasteiger partial charge in [0.15, 0.2) is 0 Å². The molecule has 2 atom stereocenters. The summed E-state index contributed by atoms with van der Waals surface area (Å²) < 4.78 is 5.60. The highest BCUT2D eigenvalue weighted by molar-refractivity contribution is 6.21. The first-order chi connectivity index (χ1) is 7.92. The molecule has 4 heteroatoms. The second kappa shape index (κ2) is 6.60. The predicted molar refractivity (Wildman–Crippen MR) is 70.4 cm³/mol. The Morgan fingerprint density at radius 2 is 2.24 bits per heavy atom. The third-order valence-corrected chi connectivity index (χ3v) is 3.97. The predicted octanol–water partition coefficient (Wildman–Crippen LogP) is 2.86. The lowest BCUT2D eigenvalue weighted by atomic mass is 10.00. The highest BCUT2D eigenvalue weighted by Gasteiger charge is 2.26. The van der Waals surface area contributed by atoms with Crippen molar-refractivity contribution < 1.29 is 9.53 Å². The summed E-state index contributed by atoms with van der Waals surface area (Å²) in [4.78, 5) is 11.8. The lowest BCUT2D eigenvalue weighted by Gasteiger charge is -2.29. The van der Waals surface area contributed by atoms with Crippen LogP contribution in [0.5, 0.6) is 0 Å². The number of nitrogens with one attached hydrogen (secondary N) is 1. The quantitative estimate of drug-likeness (QED) is 0.773. The van der Waals surface area contributed by atoms with Gasteiger partial charge in [-0.1, -0.05) is 0 Å². The molecule has 0 aromatic carbocycles. The molecule has 1 heterocycles. The van der Waals surface area contributed by atoms with Crippen LogP contribution in [0.15, 0.2) is 0 Å². The number of carbonyl (C=O) groups is 1. The molecule has 2 unspecified atom stereocenters. The Bertz CT molecular complexity index is 248. The van der Waals surface area contributed by atoms with E-state index in [-0.39, 0.29) is 22.9 Å². The fourth-order valence-electron chi connectivity index (χ4n) is 1.85. The molecule has 0 saturated carbocycles. The number of alkyl halides is 1. The van der Waals surface area contributed by atoms with Crippen molar-refractivity contribution in [3.8, 4) is 0 Å². The molecule has 3 nitrogen and oxygen atoms in total. The van der Waals surface area contributed by atoms with Crippen LogP contribution in [0, 0.1) is 0 Å². The highest BCUT2D eigenvalue weighted by atomic mass is 35.5. The molecule has 1 rings (SSSR count). The van der Waals surface area contributed by atoms with Crippen LogP contribution in [0.2, 0.25) is 0 Å². The smallest absolute Gasteiger partial charge is 0.220 e. The van der Waals surface area contributed by atoms with Crippen LogP contribution in [0.3, 0.4) is 0 Å². The van der Waals surface area contributed by atoms with E-state index in [9.17, 15) is 4.79 Å². The summed E-state index contributed by atoms with van der Waals surface area (Å²) >= 11 is 6.02. The van der Waals surface area contributed by atoms with Crippen LogP contribution in [0.25, 0.3) is 0 Å². The van der Waals surface area contributed by atoms with Crippen LogP contribution in [-0.2, 0) is 9.53 Å². The maximum absolute atomic E-state index is 11.8. The minimum Gasteiger partial charge on any atom is -0.378 e. The van der Waals surface area contributed by atoms with E-state index < -0.39 is 0 Å². The second-order valence-corrected chi connectivity index (χ2v) is 6.07. The molecule has 1 aliphatic heterocycles. The van der Waals surface area contributed by atoms with Gasteiger partial charge in [0.05, 0.1) is 17.0 Å². The van der Waals surface area contributed by atoms with Crippen molar-refractivity contribution >= 4 is 17.5 Å². The zero-order chi connectivity index (χ0) is 12.9. The summed E-state index contributed by atoms with van der Waals surface area (Å²) in [6.07, 6.45) is 5.07. The molecule has 1 N–H and O–H groups in total. The topological polar surface area (TPSA) is 38.3 Å². The normalized spacial score (nSPS) is 23.2. The zero-order valence-corrected chi connectivity index (χ0v) is 11.8. The molecule has 1 amide bonds. The Kier molecular flexibility index (Phi) is 5.74. The Hall–Kier alpha value is -0.280. The molecule has 17 heavy (non-hydrogen) atoms. The van der Waals surface area contributed by atoms with E-state index in [0.29, 0.717) is 6.42 Å². The molecule has 1 fully saturated rings. The molecular formula is C13H24ClNO2. The maximum atomic E-state index is 11.8. The number of halogens is 1. The van der Waals surface area contributed by atoms with Crippen molar-refractivity contribution in [1.82, 2.24) is 5.32 Å². The van der Waals surface area contributed by atoms with Crippen molar-refractivity contribution in [1.29, 1.82) is 0 Å². The average Bonchev–Trinajstić information content (AvgIpc) is 2.27. The van der Waals surface area contributed by atoms with Crippen LogP contribution in [0.4, 0.5) is 0 Å². The third-order valence-electron chi connectivity index (χ3n) is 3.42. The summed E-state index contributed by atoms with van der Waals surface area (Å²) in [5, 5.41) is 2.88. The minimum atomic E-state index is -0.355. The average molecular weight is 262 g/mol. The van der Waals surface area contributed by atoms with Gasteiger partial charge >= 0.3 is 0 Å². The van der Waals surface area contributed by atoms with Gasteiger partial charge in [0.1, 0.15) is 0 Å². The zero-order valence-electron chi connectivity index (χ0n) is 11.1. The summed E-state index contributed by atoms with van der Waals surface area (Å²) in [7, 11) is 0. The van der Waals surface area contributed by atoms with Gasteiger partial charge in [-0.3, -0.25) is 4.79 Å². The Morgan fingerprint density at radius 3 is 2.76 bits per heavy atom. The highest BCUT2D eigenvalue weighted by Crippen LogP contribution is 2.18. The molecule has 0 aliphatic carbocycles. The van der Waals surface area contributed by atoms with Gasteiger partial charge < -0.3 is 10.1 Å². The van der Waals surface area contributed by atoms with E-state index in [1.807, 2.05) is 20.8 Å². The first-order valence-electron chi connectivity index (χ1n) is 6.48. The number of hydrogen-bond donors (Lipinski definition) is 1. The number of amides is 1. The minimum absolute atomic E-state index is 0.0664. The molecule has 0 aromatic rings. The molecule has 0 spiro atoms. The SMILES string of the molecule is CC(Cl)C(C)(C)NC(=O)CCC1CCCCO1. The molecule has 0 bridgehead atoms. The first kappa shape index (κ1) is 14.8. The Balaban J connectivity index is 2.25.